The van der Waals surface area contributed by atoms with Crippen LogP contribution in [-0.2, 0) is 9.47 Å². The normalized spacial score (nSPS) is 22.2. The zero-order chi connectivity index (χ0) is 28.7. The minimum atomic E-state index is -0.634. The van der Waals surface area contributed by atoms with E-state index in [0.717, 1.165) is 44.3 Å². The molecule has 2 fully saturated rings. The van der Waals surface area contributed by atoms with Crippen LogP contribution in [0.3, 0.4) is 0 Å². The summed E-state index contributed by atoms with van der Waals surface area (Å²) in [5, 5.41) is 13.5. The van der Waals surface area contributed by atoms with Gasteiger partial charge in [0.15, 0.2) is 6.10 Å². The van der Waals surface area contributed by atoms with Gasteiger partial charge < -0.3 is 34.1 Å². The van der Waals surface area contributed by atoms with Gasteiger partial charge in [-0.3, -0.25) is 4.79 Å². The monoisotopic (exact) mass is 577 g/mol. The van der Waals surface area contributed by atoms with Gasteiger partial charge in [0.2, 0.25) is 0 Å². The number of hydrogen-bond acceptors (Lipinski definition) is 6. The number of fused-ring (bicyclic) bond motifs is 2. The predicted molar refractivity (Wildman–Crippen MR) is 157 cm³/mol. The number of imidazole rings is 1. The number of amides is 1. The standard InChI is InChI=1S/C31H33ClN4O5/c1-36(2,3)13-12-33-30(38)21-10-6-19(7-11-21)18-4-8-20(9-5-18)22-14-24-25(15-23(22)32)35-31(34-24)41-27-17-40-28-26(37)16-39-29(27)28/h4-11,14-15,26-29,37H,12-13,16-17H2,1-3H3,(H-,33,34,35,38)/p+1. The summed E-state index contributed by atoms with van der Waals surface area (Å²) in [4.78, 5) is 20.3. The van der Waals surface area contributed by atoms with Crippen LogP contribution in [0.5, 0.6) is 6.01 Å². The number of aliphatic hydroxyl groups is 1. The first kappa shape index (κ1) is 27.7. The van der Waals surface area contributed by atoms with E-state index < -0.39 is 6.10 Å². The maximum absolute atomic E-state index is 12.5. The Hall–Kier alpha value is -3.47. The van der Waals surface area contributed by atoms with Gasteiger partial charge in [-0.15, -0.1) is 0 Å². The molecule has 9 nitrogen and oxygen atoms in total. The molecule has 0 aliphatic carbocycles. The molecule has 1 aromatic heterocycles. The number of aromatic nitrogens is 2. The SMILES string of the molecule is C[N+](C)(C)CCNC(=O)c1ccc(-c2ccc(-c3cc4nc(OC5COC6C(O)COC56)[nH]c4cc3Cl)cc2)cc1. The van der Waals surface area contributed by atoms with Crippen molar-refractivity contribution in [1.82, 2.24) is 15.3 Å². The first-order valence-corrected chi connectivity index (χ1v) is 14.1. The van der Waals surface area contributed by atoms with Crippen LogP contribution in [0.4, 0.5) is 0 Å². The van der Waals surface area contributed by atoms with Crippen LogP contribution in [0, 0.1) is 0 Å². The van der Waals surface area contributed by atoms with E-state index in [1.54, 1.807) is 0 Å². The van der Waals surface area contributed by atoms with Crippen molar-refractivity contribution in [2.24, 2.45) is 0 Å². The Morgan fingerprint density at radius 3 is 2.39 bits per heavy atom. The number of carbonyl (C=O) groups is 1. The Morgan fingerprint density at radius 1 is 1.02 bits per heavy atom. The summed E-state index contributed by atoms with van der Waals surface area (Å²) in [5.41, 5.74) is 6.00. The molecule has 3 N–H and O–H groups in total. The lowest BCUT2D eigenvalue weighted by molar-refractivity contribution is -0.869. The van der Waals surface area contributed by atoms with Gasteiger partial charge in [0.25, 0.3) is 11.9 Å². The summed E-state index contributed by atoms with van der Waals surface area (Å²) >= 11 is 6.68. The Labute approximate surface area is 243 Å². The molecule has 10 heteroatoms. The molecular weight excluding hydrogens is 544 g/mol. The molecule has 0 saturated carbocycles. The van der Waals surface area contributed by atoms with Crippen molar-refractivity contribution in [2.75, 3.05) is 47.4 Å². The van der Waals surface area contributed by atoms with Crippen LogP contribution in [0.1, 0.15) is 10.4 Å². The molecule has 2 aliphatic rings. The van der Waals surface area contributed by atoms with Crippen LogP contribution in [-0.4, -0.2) is 97.3 Å². The zero-order valence-electron chi connectivity index (χ0n) is 23.3. The zero-order valence-corrected chi connectivity index (χ0v) is 24.0. The minimum Gasteiger partial charge on any atom is -0.456 e. The van der Waals surface area contributed by atoms with E-state index in [2.05, 4.69) is 36.4 Å². The average molecular weight is 578 g/mol. The number of hydrogen-bond donors (Lipinski definition) is 3. The molecule has 4 unspecified atom stereocenters. The number of nitrogens with one attached hydrogen (secondary N) is 2. The van der Waals surface area contributed by atoms with Crippen LogP contribution < -0.4 is 10.1 Å². The van der Waals surface area contributed by atoms with E-state index >= 15 is 0 Å². The predicted octanol–water partition coefficient (Wildman–Crippen LogP) is 3.89. The maximum atomic E-state index is 12.5. The third kappa shape index (κ3) is 5.95. The fourth-order valence-corrected chi connectivity index (χ4v) is 5.51. The number of benzene rings is 3. The second kappa shape index (κ2) is 11.1. The summed E-state index contributed by atoms with van der Waals surface area (Å²) in [7, 11) is 6.30. The summed E-state index contributed by atoms with van der Waals surface area (Å²) in [5.74, 6) is -0.0660. The molecule has 0 bridgehead atoms. The van der Waals surface area contributed by atoms with Crippen LogP contribution in [0.25, 0.3) is 33.3 Å². The number of H-pyrrole nitrogens is 1. The molecule has 41 heavy (non-hydrogen) atoms. The molecule has 3 heterocycles. The molecule has 3 aromatic carbocycles. The fraction of sp³-hybridized carbons (Fsp3) is 0.355. The Balaban J connectivity index is 1.14. The fourth-order valence-electron chi connectivity index (χ4n) is 5.24. The lowest BCUT2D eigenvalue weighted by Crippen LogP contribution is -2.41. The van der Waals surface area contributed by atoms with Gasteiger partial charge in [0.05, 0.1) is 63.5 Å². The van der Waals surface area contributed by atoms with Crippen molar-refractivity contribution in [3.05, 3.63) is 71.2 Å². The largest absolute Gasteiger partial charge is 0.456 e. The molecule has 1 amide bonds. The number of ether oxygens (including phenoxy) is 3. The second-order valence-corrected chi connectivity index (χ2v) is 12.0. The van der Waals surface area contributed by atoms with Gasteiger partial charge in [-0.1, -0.05) is 48.0 Å². The number of aromatic amines is 1. The van der Waals surface area contributed by atoms with Gasteiger partial charge in [-0.2, -0.15) is 4.98 Å². The van der Waals surface area contributed by atoms with E-state index in [9.17, 15) is 9.90 Å². The molecule has 0 radical (unpaired) electrons. The number of quaternary nitrogens is 1. The quantitative estimate of drug-likeness (QED) is 0.274. The topological polar surface area (TPSA) is 106 Å². The summed E-state index contributed by atoms with van der Waals surface area (Å²) in [6, 6.07) is 19.9. The third-order valence-corrected chi connectivity index (χ3v) is 7.85. The maximum Gasteiger partial charge on any atom is 0.295 e. The first-order valence-electron chi connectivity index (χ1n) is 13.7. The highest BCUT2D eigenvalue weighted by Crippen LogP contribution is 2.35. The molecule has 214 valence electrons. The highest BCUT2D eigenvalue weighted by atomic mass is 35.5. The third-order valence-electron chi connectivity index (χ3n) is 7.54. The lowest BCUT2D eigenvalue weighted by atomic mass is 9.99. The number of nitrogens with zero attached hydrogens (tertiary/aromatic N) is 2. The van der Waals surface area contributed by atoms with E-state index in [-0.39, 0.29) is 30.8 Å². The number of halogens is 1. The van der Waals surface area contributed by atoms with Crippen molar-refractivity contribution in [1.29, 1.82) is 0 Å². The van der Waals surface area contributed by atoms with Crippen molar-refractivity contribution in [2.45, 2.75) is 24.4 Å². The van der Waals surface area contributed by atoms with Crippen LogP contribution in [0.15, 0.2) is 60.7 Å². The summed E-state index contributed by atoms with van der Waals surface area (Å²) in [6.07, 6.45) is -1.67. The molecule has 6 rings (SSSR count). The van der Waals surface area contributed by atoms with Crippen molar-refractivity contribution < 1.29 is 28.6 Å². The van der Waals surface area contributed by atoms with Crippen molar-refractivity contribution >= 4 is 28.5 Å². The van der Waals surface area contributed by atoms with E-state index in [1.165, 1.54) is 0 Å². The molecule has 4 aromatic rings. The van der Waals surface area contributed by atoms with Gasteiger partial charge in [-0.25, -0.2) is 0 Å². The van der Waals surface area contributed by atoms with Crippen LogP contribution in [0.2, 0.25) is 5.02 Å². The molecule has 2 aliphatic heterocycles. The highest BCUT2D eigenvalue weighted by Gasteiger charge is 2.48. The van der Waals surface area contributed by atoms with Gasteiger partial charge in [0, 0.05) is 11.1 Å². The van der Waals surface area contributed by atoms with Gasteiger partial charge >= 0.3 is 0 Å². The molecule has 2 saturated heterocycles. The second-order valence-electron chi connectivity index (χ2n) is 11.6. The number of aliphatic hydroxyl groups excluding tert-OH is 1. The van der Waals surface area contributed by atoms with Crippen molar-refractivity contribution in [3.8, 4) is 28.3 Å². The lowest BCUT2D eigenvalue weighted by Gasteiger charge is -2.23. The van der Waals surface area contributed by atoms with Crippen molar-refractivity contribution in [3.63, 3.8) is 0 Å². The van der Waals surface area contributed by atoms with E-state index in [0.29, 0.717) is 29.7 Å². The van der Waals surface area contributed by atoms with E-state index in [1.807, 2.05) is 60.7 Å². The molecule has 0 spiro atoms. The number of rotatable bonds is 8. The molecular formula is C31H34ClN4O5+. The highest BCUT2D eigenvalue weighted by molar-refractivity contribution is 6.34. The number of likely N-dealkylation sites (N-methyl/N-ethyl adjacent to an activating group) is 1. The summed E-state index contributed by atoms with van der Waals surface area (Å²) in [6.45, 7) is 2.06. The van der Waals surface area contributed by atoms with Gasteiger partial charge in [-0.05, 0) is 41.0 Å². The Morgan fingerprint density at radius 2 is 1.68 bits per heavy atom. The minimum absolute atomic E-state index is 0.0660. The van der Waals surface area contributed by atoms with Gasteiger partial charge in [0.1, 0.15) is 18.3 Å². The number of carbonyl (C=O) groups excluding carboxylic acids is 1. The smallest absolute Gasteiger partial charge is 0.295 e. The Kier molecular flexibility index (Phi) is 7.48. The molecule has 4 atom stereocenters. The Bertz CT molecular complexity index is 1550. The van der Waals surface area contributed by atoms with E-state index in [4.69, 9.17) is 25.8 Å². The average Bonchev–Trinajstić information content (AvgIpc) is 3.64. The first-order chi connectivity index (χ1) is 19.6. The summed E-state index contributed by atoms with van der Waals surface area (Å²) < 4.78 is 18.1. The van der Waals surface area contributed by atoms with Crippen LogP contribution >= 0.6 is 11.6 Å².